The summed E-state index contributed by atoms with van der Waals surface area (Å²) in [5, 5.41) is 8.92. The fourth-order valence-corrected chi connectivity index (χ4v) is 4.18. The smallest absolute Gasteiger partial charge is 0.339 e. The minimum atomic E-state index is -0.508. The number of aryl methyl sites for hydroxylation is 1. The molecule has 0 aliphatic carbocycles. The number of aromatic nitrogens is 2. The van der Waals surface area contributed by atoms with Crippen LogP contribution in [0.25, 0.3) is 15.9 Å². The molecule has 6 nitrogen and oxygen atoms in total. The molecule has 4 rings (SSSR count). The first kappa shape index (κ1) is 19.2. The number of nitrogens with zero attached hydrogens (tertiary/aromatic N) is 2. The molecular formula is C21H16ClN3O3S. The molecule has 4 aromatic rings. The molecule has 0 aliphatic rings. The van der Waals surface area contributed by atoms with Gasteiger partial charge in [0.05, 0.1) is 34.6 Å². The van der Waals surface area contributed by atoms with Crippen molar-refractivity contribution >= 4 is 50.7 Å². The Morgan fingerprint density at radius 3 is 2.59 bits per heavy atom. The minimum absolute atomic E-state index is 0.299. The number of amides is 1. The molecule has 0 aliphatic heterocycles. The van der Waals surface area contributed by atoms with Gasteiger partial charge in [-0.05, 0) is 49.4 Å². The van der Waals surface area contributed by atoms with Gasteiger partial charge in [0, 0.05) is 10.4 Å². The highest BCUT2D eigenvalue weighted by Gasteiger charge is 2.19. The van der Waals surface area contributed by atoms with E-state index in [1.165, 1.54) is 18.4 Å². The fourth-order valence-electron chi connectivity index (χ4n) is 2.98. The number of methoxy groups -OCH3 is 1. The number of rotatable bonds is 4. The molecule has 146 valence electrons. The van der Waals surface area contributed by atoms with Crippen LogP contribution >= 0.6 is 22.9 Å². The Morgan fingerprint density at radius 1 is 1.14 bits per heavy atom. The summed E-state index contributed by atoms with van der Waals surface area (Å²) in [6.45, 7) is 1.90. The Kier molecular flexibility index (Phi) is 5.08. The Morgan fingerprint density at radius 2 is 1.86 bits per heavy atom. The number of ether oxygens (including phenoxy) is 1. The Hall–Kier alpha value is -3.16. The third-order valence-electron chi connectivity index (χ3n) is 4.42. The first-order valence-corrected chi connectivity index (χ1v) is 9.91. The van der Waals surface area contributed by atoms with Gasteiger partial charge in [-0.3, -0.25) is 4.79 Å². The van der Waals surface area contributed by atoms with E-state index >= 15 is 0 Å². The molecule has 29 heavy (non-hydrogen) atoms. The summed E-state index contributed by atoms with van der Waals surface area (Å²) in [7, 11) is 1.30. The van der Waals surface area contributed by atoms with E-state index in [2.05, 4.69) is 10.4 Å². The topological polar surface area (TPSA) is 73.2 Å². The molecule has 0 atom stereocenters. The number of hydrogen-bond acceptors (Lipinski definition) is 5. The van der Waals surface area contributed by atoms with Crippen molar-refractivity contribution in [1.29, 1.82) is 0 Å². The number of nitrogens with one attached hydrogen (secondary N) is 1. The highest BCUT2D eigenvalue weighted by molar-refractivity contribution is 7.20. The van der Waals surface area contributed by atoms with Gasteiger partial charge in [0.25, 0.3) is 5.91 Å². The van der Waals surface area contributed by atoms with Crippen molar-refractivity contribution in [1.82, 2.24) is 9.78 Å². The van der Waals surface area contributed by atoms with Crippen molar-refractivity contribution in [3.63, 3.8) is 0 Å². The van der Waals surface area contributed by atoms with Crippen molar-refractivity contribution in [2.45, 2.75) is 6.92 Å². The number of fused-ring (bicyclic) bond motifs is 1. The van der Waals surface area contributed by atoms with E-state index in [1.807, 2.05) is 25.1 Å². The molecule has 0 bridgehead atoms. The normalized spacial score (nSPS) is 10.9. The maximum atomic E-state index is 12.8. The number of halogens is 1. The van der Waals surface area contributed by atoms with Crippen LogP contribution in [0.4, 0.5) is 5.69 Å². The van der Waals surface area contributed by atoms with E-state index < -0.39 is 5.97 Å². The zero-order chi connectivity index (χ0) is 20.5. The van der Waals surface area contributed by atoms with Gasteiger partial charge in [-0.1, -0.05) is 23.7 Å². The monoisotopic (exact) mass is 425 g/mol. The van der Waals surface area contributed by atoms with Crippen LogP contribution in [0.3, 0.4) is 0 Å². The minimum Gasteiger partial charge on any atom is -0.465 e. The summed E-state index contributed by atoms with van der Waals surface area (Å²) in [6.07, 6.45) is 0. The molecule has 8 heteroatoms. The first-order valence-electron chi connectivity index (χ1n) is 8.71. The third kappa shape index (κ3) is 3.62. The van der Waals surface area contributed by atoms with E-state index in [4.69, 9.17) is 16.3 Å². The van der Waals surface area contributed by atoms with Gasteiger partial charge < -0.3 is 10.1 Å². The molecule has 1 amide bonds. The van der Waals surface area contributed by atoms with E-state index in [-0.39, 0.29) is 5.91 Å². The Labute approximate surface area is 175 Å². The number of benzene rings is 2. The van der Waals surface area contributed by atoms with Crippen LogP contribution in [0.15, 0.2) is 54.6 Å². The van der Waals surface area contributed by atoms with Crippen LogP contribution in [0.2, 0.25) is 5.02 Å². The molecule has 2 heterocycles. The number of anilines is 1. The van der Waals surface area contributed by atoms with Crippen LogP contribution in [0.1, 0.15) is 25.7 Å². The van der Waals surface area contributed by atoms with Gasteiger partial charge in [0.2, 0.25) is 0 Å². The SMILES string of the molecule is COC(=O)c1ccccc1NC(=O)c1cc2c(C)nn(-c3ccc(Cl)cc3)c2s1. The third-order valence-corrected chi connectivity index (χ3v) is 5.78. The molecule has 0 spiro atoms. The van der Waals surface area contributed by atoms with Gasteiger partial charge in [-0.15, -0.1) is 11.3 Å². The quantitative estimate of drug-likeness (QED) is 0.462. The predicted molar refractivity (Wildman–Crippen MR) is 114 cm³/mol. The molecule has 2 aromatic carbocycles. The van der Waals surface area contributed by atoms with Gasteiger partial charge in [-0.25, -0.2) is 9.48 Å². The number of carbonyl (C=O) groups is 2. The second-order valence-corrected chi connectivity index (χ2v) is 7.76. The lowest BCUT2D eigenvalue weighted by Crippen LogP contribution is -2.14. The number of carbonyl (C=O) groups excluding carboxylic acids is 2. The number of esters is 1. The lowest BCUT2D eigenvalue weighted by molar-refractivity contribution is 0.0602. The summed E-state index contributed by atoms with van der Waals surface area (Å²) in [4.78, 5) is 26.2. The fraction of sp³-hybridized carbons (Fsp3) is 0.0952. The highest BCUT2D eigenvalue weighted by atomic mass is 35.5. The summed E-state index contributed by atoms with van der Waals surface area (Å²) < 4.78 is 6.58. The van der Waals surface area contributed by atoms with Gasteiger partial charge in [0.1, 0.15) is 4.83 Å². The van der Waals surface area contributed by atoms with E-state index in [0.717, 1.165) is 21.6 Å². The van der Waals surface area contributed by atoms with E-state index in [1.54, 1.807) is 41.1 Å². The highest BCUT2D eigenvalue weighted by Crippen LogP contribution is 2.31. The average molecular weight is 426 g/mol. The average Bonchev–Trinajstić information content (AvgIpc) is 3.29. The van der Waals surface area contributed by atoms with E-state index in [0.29, 0.717) is 21.2 Å². The van der Waals surface area contributed by atoms with Crippen molar-refractivity contribution in [3.8, 4) is 5.69 Å². The van der Waals surface area contributed by atoms with Crippen LogP contribution < -0.4 is 5.32 Å². The predicted octanol–water partition coefficient (Wildman–Crippen LogP) is 5.09. The van der Waals surface area contributed by atoms with Crippen LogP contribution in [0.5, 0.6) is 0 Å². The molecule has 0 fully saturated rings. The van der Waals surface area contributed by atoms with Crippen LogP contribution in [0, 0.1) is 6.92 Å². The second kappa shape index (κ2) is 7.69. The molecule has 2 aromatic heterocycles. The first-order chi connectivity index (χ1) is 14.0. The van der Waals surface area contributed by atoms with Crippen molar-refractivity contribution < 1.29 is 14.3 Å². The van der Waals surface area contributed by atoms with E-state index in [9.17, 15) is 9.59 Å². The Balaban J connectivity index is 1.69. The lowest BCUT2D eigenvalue weighted by atomic mass is 10.1. The number of hydrogen-bond donors (Lipinski definition) is 1. The largest absolute Gasteiger partial charge is 0.465 e. The summed E-state index contributed by atoms with van der Waals surface area (Å²) in [5.41, 5.74) is 2.38. The van der Waals surface area contributed by atoms with Crippen LogP contribution in [-0.4, -0.2) is 28.8 Å². The van der Waals surface area contributed by atoms with Crippen LogP contribution in [-0.2, 0) is 4.74 Å². The summed E-state index contributed by atoms with van der Waals surface area (Å²) in [5.74, 6) is -0.809. The molecule has 0 saturated heterocycles. The standard InChI is InChI=1S/C21H16ClN3O3S/c1-12-16-11-18(19(26)23-17-6-4-3-5-15(17)21(27)28-2)29-20(16)25(24-12)14-9-7-13(22)8-10-14/h3-11H,1-2H3,(H,23,26). The maximum Gasteiger partial charge on any atom is 0.339 e. The molecule has 0 radical (unpaired) electrons. The second-order valence-electron chi connectivity index (χ2n) is 6.29. The molecule has 0 saturated carbocycles. The van der Waals surface area contributed by atoms with Crippen molar-refractivity contribution in [2.24, 2.45) is 0 Å². The van der Waals surface area contributed by atoms with Crippen molar-refractivity contribution in [3.05, 3.63) is 75.8 Å². The van der Waals surface area contributed by atoms with Gasteiger partial charge >= 0.3 is 5.97 Å². The maximum absolute atomic E-state index is 12.8. The number of para-hydroxylation sites is 1. The summed E-state index contributed by atoms with van der Waals surface area (Å²) >= 11 is 7.31. The Bertz CT molecular complexity index is 1230. The molecular weight excluding hydrogens is 410 g/mol. The molecule has 0 unspecified atom stereocenters. The zero-order valence-corrected chi connectivity index (χ0v) is 17.2. The van der Waals surface area contributed by atoms with Gasteiger partial charge in [0.15, 0.2) is 0 Å². The zero-order valence-electron chi connectivity index (χ0n) is 15.6. The van der Waals surface area contributed by atoms with Crippen molar-refractivity contribution in [2.75, 3.05) is 12.4 Å². The summed E-state index contributed by atoms with van der Waals surface area (Å²) in [6, 6.07) is 15.9. The lowest BCUT2D eigenvalue weighted by Gasteiger charge is -2.08. The van der Waals surface area contributed by atoms with Gasteiger partial charge in [-0.2, -0.15) is 5.10 Å². The molecule has 1 N–H and O–H groups in total. The number of thiophene rings is 1.